The van der Waals surface area contributed by atoms with Gasteiger partial charge in [-0.3, -0.25) is 4.79 Å². The number of esters is 1. The van der Waals surface area contributed by atoms with Crippen molar-refractivity contribution in [3.8, 4) is 0 Å². The van der Waals surface area contributed by atoms with Crippen LogP contribution in [0.3, 0.4) is 0 Å². The molecule has 7 nitrogen and oxygen atoms in total. The monoisotopic (exact) mass is 494 g/mol. The summed E-state index contributed by atoms with van der Waals surface area (Å²) in [6.07, 6.45) is 0.364. The molecule has 12 heteroatoms. The lowest BCUT2D eigenvalue weighted by Crippen LogP contribution is -2.46. The predicted molar refractivity (Wildman–Crippen MR) is 101 cm³/mol. The zero-order valence-corrected chi connectivity index (χ0v) is 18.3. The van der Waals surface area contributed by atoms with Gasteiger partial charge in [-0.05, 0) is 28.3 Å². The molecule has 1 heterocycles. The topological polar surface area (TPSA) is 102 Å². The van der Waals surface area contributed by atoms with E-state index in [-0.39, 0.29) is 24.0 Å². The minimum atomic E-state index is -4.06. The SMILES string of the molecule is COC(=O)C(CC(C)C)NC(=O)CNS(=O)(=O)c1c(Cl)sc(Cl)c1Br. The number of amides is 1. The molecule has 0 saturated heterocycles. The third kappa shape index (κ3) is 6.37. The van der Waals surface area contributed by atoms with Gasteiger partial charge in [0.05, 0.1) is 18.1 Å². The lowest BCUT2D eigenvalue weighted by atomic mass is 10.0. The van der Waals surface area contributed by atoms with Gasteiger partial charge in [0.2, 0.25) is 15.9 Å². The molecule has 1 amide bonds. The van der Waals surface area contributed by atoms with Crippen molar-refractivity contribution in [3.63, 3.8) is 0 Å². The Labute approximate surface area is 168 Å². The second-order valence-electron chi connectivity index (χ2n) is 5.39. The molecule has 0 saturated carbocycles. The molecule has 1 aromatic rings. The van der Waals surface area contributed by atoms with Crippen LogP contribution in [-0.2, 0) is 24.3 Å². The van der Waals surface area contributed by atoms with Gasteiger partial charge < -0.3 is 10.1 Å². The van der Waals surface area contributed by atoms with E-state index in [4.69, 9.17) is 23.2 Å². The number of thiophene rings is 1. The van der Waals surface area contributed by atoms with E-state index < -0.39 is 34.5 Å². The Morgan fingerprint density at radius 3 is 2.32 bits per heavy atom. The van der Waals surface area contributed by atoms with Crippen LogP contribution in [0, 0.1) is 5.92 Å². The van der Waals surface area contributed by atoms with Gasteiger partial charge in [0.25, 0.3) is 0 Å². The normalized spacial score (nSPS) is 12.9. The average Bonchev–Trinajstić information content (AvgIpc) is 2.76. The maximum Gasteiger partial charge on any atom is 0.328 e. The Bertz CT molecular complexity index is 752. The summed E-state index contributed by atoms with van der Waals surface area (Å²) < 4.78 is 31.6. The number of halogens is 3. The van der Waals surface area contributed by atoms with Crippen molar-refractivity contribution in [1.82, 2.24) is 10.0 Å². The average molecular weight is 496 g/mol. The lowest BCUT2D eigenvalue weighted by molar-refractivity contribution is -0.145. The Kier molecular flexibility index (Phi) is 8.62. The standard InChI is InChI=1S/C13H17BrCl2N2O5S2/c1-6(2)4-7(13(20)23-3)18-8(19)5-17-25(21,22)10-9(14)11(15)24-12(10)16/h6-7,17H,4-5H2,1-3H3,(H,18,19). The number of sulfonamides is 1. The van der Waals surface area contributed by atoms with Gasteiger partial charge >= 0.3 is 5.97 Å². The quantitative estimate of drug-likeness (QED) is 0.540. The van der Waals surface area contributed by atoms with Crippen molar-refractivity contribution < 1.29 is 22.7 Å². The van der Waals surface area contributed by atoms with Crippen LogP contribution in [-0.4, -0.2) is 40.0 Å². The van der Waals surface area contributed by atoms with Gasteiger partial charge in [-0.25, -0.2) is 17.9 Å². The number of methoxy groups -OCH3 is 1. The highest BCUT2D eigenvalue weighted by atomic mass is 79.9. The summed E-state index contributed by atoms with van der Waals surface area (Å²) in [5, 5.41) is 2.45. The van der Waals surface area contributed by atoms with E-state index in [9.17, 15) is 18.0 Å². The minimum absolute atomic E-state index is 0.0305. The molecule has 0 radical (unpaired) electrons. The third-order valence-corrected chi connectivity index (χ3v) is 7.81. The van der Waals surface area contributed by atoms with Gasteiger partial charge in [0.1, 0.15) is 19.6 Å². The Morgan fingerprint density at radius 2 is 1.88 bits per heavy atom. The van der Waals surface area contributed by atoms with Crippen molar-refractivity contribution in [2.24, 2.45) is 5.92 Å². The summed E-state index contributed by atoms with van der Waals surface area (Å²) in [6.45, 7) is 3.19. The van der Waals surface area contributed by atoms with Gasteiger partial charge in [0, 0.05) is 0 Å². The zero-order chi connectivity index (χ0) is 19.4. The number of nitrogens with one attached hydrogen (secondary N) is 2. The molecule has 0 aliphatic heterocycles. The van der Waals surface area contributed by atoms with E-state index in [1.165, 1.54) is 7.11 Å². The fourth-order valence-electron chi connectivity index (χ4n) is 1.87. The molecule has 25 heavy (non-hydrogen) atoms. The van der Waals surface area contributed by atoms with Crippen LogP contribution in [0.25, 0.3) is 0 Å². The number of hydrogen-bond acceptors (Lipinski definition) is 6. The molecule has 142 valence electrons. The van der Waals surface area contributed by atoms with E-state index in [1.807, 2.05) is 13.8 Å². The van der Waals surface area contributed by atoms with Crippen LogP contribution in [0.2, 0.25) is 8.67 Å². The minimum Gasteiger partial charge on any atom is -0.467 e. The fourth-order valence-corrected chi connectivity index (χ4v) is 6.41. The van der Waals surface area contributed by atoms with Crippen molar-refractivity contribution in [1.29, 1.82) is 0 Å². The molecule has 0 aliphatic carbocycles. The summed E-state index contributed by atoms with van der Waals surface area (Å²) >= 11 is 15.6. The second-order valence-corrected chi connectivity index (χ2v) is 10.1. The van der Waals surface area contributed by atoms with E-state index in [0.717, 1.165) is 11.3 Å². The first kappa shape index (κ1) is 22.7. The Balaban J connectivity index is 2.78. The first-order valence-corrected chi connectivity index (χ1v) is 10.8. The first-order valence-electron chi connectivity index (χ1n) is 6.99. The molecule has 0 bridgehead atoms. The summed E-state index contributed by atoms with van der Waals surface area (Å²) in [7, 11) is -2.85. The van der Waals surface area contributed by atoms with Crippen molar-refractivity contribution in [2.75, 3.05) is 13.7 Å². The van der Waals surface area contributed by atoms with Crippen molar-refractivity contribution >= 4 is 72.4 Å². The summed E-state index contributed by atoms with van der Waals surface area (Å²) in [4.78, 5) is 23.4. The second kappa shape index (κ2) is 9.52. The molecule has 1 unspecified atom stereocenters. The molecule has 2 N–H and O–H groups in total. The molecular formula is C13H17BrCl2N2O5S2. The third-order valence-electron chi connectivity index (χ3n) is 2.95. The van der Waals surface area contributed by atoms with Crippen LogP contribution in [0.4, 0.5) is 0 Å². The number of ether oxygens (including phenoxy) is 1. The number of rotatable bonds is 8. The summed E-state index contributed by atoms with van der Waals surface area (Å²) in [5.41, 5.74) is 0. The maximum absolute atomic E-state index is 12.3. The van der Waals surface area contributed by atoms with Crippen LogP contribution >= 0.6 is 50.5 Å². The maximum atomic E-state index is 12.3. The number of hydrogen-bond donors (Lipinski definition) is 2. The smallest absolute Gasteiger partial charge is 0.328 e. The Hall–Kier alpha value is -0.390. The number of carbonyl (C=O) groups excluding carboxylic acids is 2. The molecular weight excluding hydrogens is 479 g/mol. The highest BCUT2D eigenvalue weighted by Crippen LogP contribution is 2.42. The van der Waals surface area contributed by atoms with Crippen LogP contribution < -0.4 is 10.0 Å². The van der Waals surface area contributed by atoms with Gasteiger partial charge in [-0.1, -0.05) is 37.0 Å². The van der Waals surface area contributed by atoms with Crippen LogP contribution in [0.1, 0.15) is 20.3 Å². The van der Waals surface area contributed by atoms with Gasteiger partial charge in [-0.15, -0.1) is 11.3 Å². The zero-order valence-electron chi connectivity index (χ0n) is 13.6. The fraction of sp³-hybridized carbons (Fsp3) is 0.538. The van der Waals surface area contributed by atoms with Crippen molar-refractivity contribution in [3.05, 3.63) is 13.1 Å². The summed E-state index contributed by atoms with van der Waals surface area (Å²) in [5.74, 6) is -1.14. The van der Waals surface area contributed by atoms with Crippen LogP contribution in [0.15, 0.2) is 9.37 Å². The molecule has 0 spiro atoms. The van der Waals surface area contributed by atoms with Gasteiger partial charge in [0.15, 0.2) is 0 Å². The molecule has 1 aromatic heterocycles. The van der Waals surface area contributed by atoms with E-state index in [2.05, 4.69) is 30.7 Å². The Morgan fingerprint density at radius 1 is 1.28 bits per heavy atom. The van der Waals surface area contributed by atoms with Gasteiger partial charge in [-0.2, -0.15) is 0 Å². The van der Waals surface area contributed by atoms with E-state index in [1.54, 1.807) is 0 Å². The highest BCUT2D eigenvalue weighted by Gasteiger charge is 2.28. The largest absolute Gasteiger partial charge is 0.467 e. The summed E-state index contributed by atoms with van der Waals surface area (Å²) in [6, 6.07) is -0.854. The predicted octanol–water partition coefficient (Wildman–Crippen LogP) is 2.80. The molecule has 0 fully saturated rings. The lowest BCUT2D eigenvalue weighted by Gasteiger charge is -2.18. The number of carbonyl (C=O) groups is 2. The molecule has 0 aliphatic rings. The first-order chi connectivity index (χ1) is 11.5. The molecule has 1 atom stereocenters. The molecule has 0 aromatic carbocycles. The van der Waals surface area contributed by atoms with Crippen molar-refractivity contribution in [2.45, 2.75) is 31.2 Å². The van der Waals surface area contributed by atoms with E-state index >= 15 is 0 Å². The van der Waals surface area contributed by atoms with Crippen LogP contribution in [0.5, 0.6) is 0 Å². The molecule has 1 rings (SSSR count). The highest BCUT2D eigenvalue weighted by molar-refractivity contribution is 9.10. The van der Waals surface area contributed by atoms with E-state index in [0.29, 0.717) is 6.42 Å².